The van der Waals surface area contributed by atoms with Crippen LogP contribution in [0.1, 0.15) is 43.9 Å². The average molecular weight is 530 g/mol. The van der Waals surface area contributed by atoms with Gasteiger partial charge in [-0.2, -0.15) is 0 Å². The van der Waals surface area contributed by atoms with E-state index in [-0.39, 0.29) is 42.1 Å². The first-order valence-corrected chi connectivity index (χ1v) is 16.7. The number of aromatic nitrogens is 3. The second-order valence-electron chi connectivity index (χ2n) is 11.3. The summed E-state index contributed by atoms with van der Waals surface area (Å²) in [5, 5.41) is 23.8. The molecule has 0 aliphatic carbocycles. The van der Waals surface area contributed by atoms with Crippen LogP contribution < -0.4 is 10.6 Å². The lowest BCUT2D eigenvalue weighted by Crippen LogP contribution is -2.40. The summed E-state index contributed by atoms with van der Waals surface area (Å²) < 4.78 is 8.39. The van der Waals surface area contributed by atoms with Crippen molar-refractivity contribution in [3.05, 3.63) is 41.7 Å². The average Bonchev–Trinajstić information content (AvgIpc) is 3.45. The number of rotatable bonds is 11. The van der Waals surface area contributed by atoms with Gasteiger partial charge in [0, 0.05) is 43.5 Å². The third-order valence-corrected chi connectivity index (χ3v) is 10.4. The topological polar surface area (TPSA) is 122 Å². The molecule has 2 saturated heterocycles. The van der Waals surface area contributed by atoms with E-state index in [0.29, 0.717) is 13.0 Å². The van der Waals surface area contributed by atoms with Gasteiger partial charge in [-0.05, 0) is 75.4 Å². The van der Waals surface area contributed by atoms with Gasteiger partial charge < -0.3 is 25.3 Å². The molecule has 0 radical (unpaired) electrons. The Kier molecular flexibility index (Phi) is 9.52. The smallest absolute Gasteiger partial charge is 0.228 e. The van der Waals surface area contributed by atoms with Crippen LogP contribution in [0.2, 0.25) is 18.6 Å². The molecule has 5 atom stereocenters. The van der Waals surface area contributed by atoms with Gasteiger partial charge in [-0.25, -0.2) is 0 Å². The number of nitrogens with zero attached hydrogens (tertiary/aromatic N) is 3. The zero-order chi connectivity index (χ0) is 26.4. The van der Waals surface area contributed by atoms with Crippen molar-refractivity contribution in [1.82, 2.24) is 20.3 Å². The number of hydrogen-bond donors (Lipinski definition) is 4. The summed E-state index contributed by atoms with van der Waals surface area (Å²) in [5.74, 6) is 0.386. The Morgan fingerprint density at radius 3 is 2.84 bits per heavy atom. The quantitative estimate of drug-likeness (QED) is 0.330. The van der Waals surface area contributed by atoms with E-state index in [1.807, 2.05) is 31.4 Å². The first-order chi connectivity index (χ1) is 17.7. The maximum absolute atomic E-state index is 12.6. The number of carbonyl (C=O) groups is 1. The normalized spacial score (nSPS) is 26.4. The number of aryl methyl sites for hydroxylation is 2. The molecule has 4 N–H and O–H groups in total. The van der Waals surface area contributed by atoms with Crippen molar-refractivity contribution in [3.8, 4) is 0 Å². The van der Waals surface area contributed by atoms with Crippen molar-refractivity contribution >= 4 is 19.9 Å². The maximum Gasteiger partial charge on any atom is 0.228 e. The minimum Gasteiger partial charge on any atom is -0.432 e. The fraction of sp³-hybridized carbons (Fsp3) is 0.667. The zero-order valence-electron chi connectivity index (χ0n) is 22.4. The number of benzene rings is 1. The van der Waals surface area contributed by atoms with Gasteiger partial charge >= 0.3 is 0 Å². The lowest BCUT2D eigenvalue weighted by atomic mass is 9.95. The van der Waals surface area contributed by atoms with E-state index < -0.39 is 8.32 Å². The first kappa shape index (κ1) is 27.9. The van der Waals surface area contributed by atoms with Gasteiger partial charge in [0.05, 0.1) is 23.8 Å². The van der Waals surface area contributed by atoms with Crippen LogP contribution in [0.25, 0.3) is 0 Å². The number of anilines is 1. The Hall–Kier alpha value is -2.11. The van der Waals surface area contributed by atoms with Crippen molar-refractivity contribution < 1.29 is 19.4 Å². The van der Waals surface area contributed by atoms with Crippen molar-refractivity contribution in [2.75, 3.05) is 25.0 Å². The second kappa shape index (κ2) is 12.6. The molecule has 4 rings (SSSR count). The van der Waals surface area contributed by atoms with Crippen LogP contribution in [-0.2, 0) is 28.9 Å². The molecular weight excluding hydrogens is 486 g/mol. The van der Waals surface area contributed by atoms with E-state index in [4.69, 9.17) is 9.84 Å². The molecule has 2 aromatic rings. The van der Waals surface area contributed by atoms with Gasteiger partial charge in [0.2, 0.25) is 5.91 Å². The molecule has 2 aliphatic heterocycles. The van der Waals surface area contributed by atoms with E-state index in [1.54, 1.807) is 4.68 Å². The van der Waals surface area contributed by atoms with Crippen LogP contribution in [0.3, 0.4) is 0 Å². The SMILES string of the molecule is C[C@H]1[C@H]([Si](C)(C)O)[C@@H](CCn2cc(CCO)nn2)O[C@H]1CCc1cccc(NC(=O)C2CCCNC2)c1. The number of ether oxygens (including phenoxy) is 1. The lowest BCUT2D eigenvalue weighted by Gasteiger charge is -2.30. The van der Waals surface area contributed by atoms with Gasteiger partial charge in [0.1, 0.15) is 0 Å². The predicted molar refractivity (Wildman–Crippen MR) is 146 cm³/mol. The molecule has 0 spiro atoms. The molecule has 0 saturated carbocycles. The summed E-state index contributed by atoms with van der Waals surface area (Å²) in [6.07, 6.45) is 6.88. The zero-order valence-corrected chi connectivity index (χ0v) is 23.4. The minimum absolute atomic E-state index is 0.0214. The molecule has 1 unspecified atom stereocenters. The molecule has 9 nitrogen and oxygen atoms in total. The van der Waals surface area contributed by atoms with Crippen LogP contribution in [0.5, 0.6) is 0 Å². The number of hydrogen-bond acceptors (Lipinski definition) is 7. The highest BCUT2D eigenvalue weighted by atomic mass is 28.4. The summed E-state index contributed by atoms with van der Waals surface area (Å²) in [6, 6.07) is 8.13. The summed E-state index contributed by atoms with van der Waals surface area (Å²) in [4.78, 5) is 23.8. The summed E-state index contributed by atoms with van der Waals surface area (Å²) in [5.41, 5.74) is 2.95. The fourth-order valence-corrected chi connectivity index (χ4v) is 8.71. The van der Waals surface area contributed by atoms with E-state index in [9.17, 15) is 9.59 Å². The Morgan fingerprint density at radius 1 is 1.27 bits per heavy atom. The highest BCUT2D eigenvalue weighted by Gasteiger charge is 2.49. The molecular formula is C27H43N5O4Si. The molecule has 1 aromatic heterocycles. The highest BCUT2D eigenvalue weighted by Crippen LogP contribution is 2.45. The fourth-order valence-electron chi connectivity index (χ4n) is 6.05. The molecule has 10 heteroatoms. The van der Waals surface area contributed by atoms with Crippen LogP contribution in [0.4, 0.5) is 5.69 Å². The predicted octanol–water partition coefficient (Wildman–Crippen LogP) is 2.75. The van der Waals surface area contributed by atoms with E-state index in [0.717, 1.165) is 56.6 Å². The Labute approximate surface area is 221 Å². The standard InChI is InChI=1S/C27H43N5O4Si/c1-19-24(10-9-20-6-4-8-22(16-20)29-27(34)21-7-5-13-28-17-21)36-25(26(19)37(2,3)35)11-14-32-18-23(12-15-33)30-31-32/h4,6,8,16,18-19,21,24-26,28,33,35H,5,7,9-15,17H2,1-3H3,(H,29,34)/t19-,21?,24+,25-,26+/m1/s1. The third kappa shape index (κ3) is 7.48. The maximum atomic E-state index is 12.6. The number of carbonyl (C=O) groups excluding carboxylic acids is 1. The number of nitrogens with one attached hydrogen (secondary N) is 2. The van der Waals surface area contributed by atoms with Gasteiger partial charge in [0.15, 0.2) is 8.32 Å². The first-order valence-electron chi connectivity index (χ1n) is 13.7. The summed E-state index contributed by atoms with van der Waals surface area (Å²) >= 11 is 0. The number of aliphatic hydroxyl groups excluding tert-OH is 1. The molecule has 1 amide bonds. The van der Waals surface area contributed by atoms with Gasteiger partial charge in [-0.3, -0.25) is 9.48 Å². The summed E-state index contributed by atoms with van der Waals surface area (Å²) in [7, 11) is -2.45. The molecule has 0 bridgehead atoms. The number of piperidine rings is 1. The second-order valence-corrected chi connectivity index (χ2v) is 15.2. The molecule has 37 heavy (non-hydrogen) atoms. The van der Waals surface area contributed by atoms with Crippen LogP contribution in [0.15, 0.2) is 30.5 Å². The van der Waals surface area contributed by atoms with Crippen LogP contribution in [-0.4, -0.2) is 71.0 Å². The van der Waals surface area contributed by atoms with Crippen molar-refractivity contribution in [3.63, 3.8) is 0 Å². The van der Waals surface area contributed by atoms with Crippen LogP contribution in [0, 0.1) is 11.8 Å². The van der Waals surface area contributed by atoms with E-state index in [1.165, 1.54) is 5.56 Å². The van der Waals surface area contributed by atoms with Crippen molar-refractivity contribution in [2.24, 2.45) is 11.8 Å². The third-order valence-electron chi connectivity index (χ3n) is 7.90. The molecule has 2 fully saturated rings. The van der Waals surface area contributed by atoms with Crippen LogP contribution >= 0.6 is 0 Å². The Bertz CT molecular complexity index is 1020. The minimum atomic E-state index is -2.45. The van der Waals surface area contributed by atoms with Gasteiger partial charge in [-0.15, -0.1) is 5.10 Å². The largest absolute Gasteiger partial charge is 0.432 e. The number of aliphatic hydroxyl groups is 1. The molecule has 204 valence electrons. The molecule has 1 aromatic carbocycles. The van der Waals surface area contributed by atoms with E-state index in [2.05, 4.69) is 40.0 Å². The summed E-state index contributed by atoms with van der Waals surface area (Å²) in [6.45, 7) is 8.70. The molecule has 3 heterocycles. The Morgan fingerprint density at radius 2 is 2.11 bits per heavy atom. The van der Waals surface area contributed by atoms with Gasteiger partial charge in [0.25, 0.3) is 0 Å². The van der Waals surface area contributed by atoms with Gasteiger partial charge in [-0.1, -0.05) is 24.3 Å². The highest BCUT2D eigenvalue weighted by molar-refractivity contribution is 6.71. The van der Waals surface area contributed by atoms with E-state index >= 15 is 0 Å². The van der Waals surface area contributed by atoms with Crippen molar-refractivity contribution in [1.29, 1.82) is 0 Å². The van der Waals surface area contributed by atoms with Crippen molar-refractivity contribution in [2.45, 2.75) is 82.8 Å². The molecule has 2 aliphatic rings. The monoisotopic (exact) mass is 529 g/mol. The lowest BCUT2D eigenvalue weighted by molar-refractivity contribution is -0.120. The Balaban J connectivity index is 1.34. The number of amides is 1.